The summed E-state index contributed by atoms with van der Waals surface area (Å²) in [7, 11) is -3.42. The highest BCUT2D eigenvalue weighted by Gasteiger charge is 2.59. The molecule has 1 aromatic rings. The number of sulfonamides is 1. The Labute approximate surface area is 138 Å². The van der Waals surface area contributed by atoms with E-state index in [1.165, 1.54) is 0 Å². The Bertz CT molecular complexity index is 648. The van der Waals surface area contributed by atoms with Gasteiger partial charge in [-0.1, -0.05) is 17.7 Å². The molecule has 2 heterocycles. The highest BCUT2D eigenvalue weighted by atomic mass is 32.2. The van der Waals surface area contributed by atoms with E-state index in [0.29, 0.717) is 24.7 Å². The molecule has 0 aromatic heterocycles. The second-order valence-corrected chi connectivity index (χ2v) is 8.77. The van der Waals surface area contributed by atoms with Crippen LogP contribution in [0.15, 0.2) is 29.2 Å². The third-order valence-corrected chi connectivity index (χ3v) is 6.55. The Morgan fingerprint density at radius 2 is 1.87 bits per heavy atom. The zero-order chi connectivity index (χ0) is 16.7. The van der Waals surface area contributed by atoms with Crippen LogP contribution in [0.5, 0.6) is 0 Å². The molecule has 0 amide bonds. The minimum Gasteiger partial charge on any atom is -0.376 e. The fourth-order valence-corrected chi connectivity index (χ4v) is 5.07. The van der Waals surface area contributed by atoms with Crippen LogP contribution in [0.3, 0.4) is 0 Å². The average Bonchev–Trinajstić information content (AvgIpc) is 3.00. The lowest BCUT2D eigenvalue weighted by atomic mass is 9.81. The molecule has 2 saturated heterocycles. The van der Waals surface area contributed by atoms with Gasteiger partial charge in [-0.25, -0.2) is 8.42 Å². The lowest BCUT2D eigenvalue weighted by Gasteiger charge is -2.36. The van der Waals surface area contributed by atoms with Crippen molar-refractivity contribution in [2.75, 3.05) is 19.8 Å². The van der Waals surface area contributed by atoms with Crippen molar-refractivity contribution in [3.63, 3.8) is 0 Å². The third-order valence-electron chi connectivity index (χ3n) is 4.64. The molecule has 2 aliphatic heterocycles. The number of nitrogens with zero attached hydrogens (tertiary/aromatic N) is 1. The molecule has 1 saturated carbocycles. The minimum absolute atomic E-state index is 0.0762. The van der Waals surface area contributed by atoms with Crippen LogP contribution in [0.25, 0.3) is 0 Å². The van der Waals surface area contributed by atoms with Gasteiger partial charge in [0.2, 0.25) is 10.0 Å². The highest BCUT2D eigenvalue weighted by molar-refractivity contribution is 7.89. The first-order valence-corrected chi connectivity index (χ1v) is 9.60. The Balaban J connectivity index is 1.62. The number of ether oxygens (including phenoxy) is 2. The number of benzene rings is 1. The van der Waals surface area contributed by atoms with Crippen LogP contribution in [0, 0.1) is 6.92 Å². The standard InChI is InChI=1S/C17H25NO4S/c1-13(2)21-8-9-22-17-10-15(11-17)18(12-17)23(19,20)16-6-4-14(3)5-7-16/h4-7,13,15H,8-12H2,1-3H3. The Kier molecular flexibility index (Phi) is 4.53. The number of hydrogen-bond donors (Lipinski definition) is 0. The third kappa shape index (κ3) is 3.31. The second-order valence-electron chi connectivity index (χ2n) is 6.88. The highest BCUT2D eigenvalue weighted by Crippen LogP contribution is 2.49. The molecule has 1 aliphatic carbocycles. The first-order valence-electron chi connectivity index (χ1n) is 8.16. The Morgan fingerprint density at radius 1 is 1.22 bits per heavy atom. The summed E-state index contributed by atoms with van der Waals surface area (Å²) in [5.74, 6) is 0. The van der Waals surface area contributed by atoms with E-state index < -0.39 is 10.0 Å². The summed E-state index contributed by atoms with van der Waals surface area (Å²) in [6.07, 6.45) is 1.77. The van der Waals surface area contributed by atoms with Gasteiger partial charge in [0.15, 0.2) is 0 Å². The summed E-state index contributed by atoms with van der Waals surface area (Å²) < 4.78 is 38.6. The van der Waals surface area contributed by atoms with Gasteiger partial charge in [-0.05, 0) is 45.7 Å². The molecule has 0 atom stereocenters. The molecule has 0 N–H and O–H groups in total. The van der Waals surface area contributed by atoms with Crippen LogP contribution in [-0.2, 0) is 19.5 Å². The van der Waals surface area contributed by atoms with Gasteiger partial charge in [0.1, 0.15) is 0 Å². The topological polar surface area (TPSA) is 55.8 Å². The molecule has 4 rings (SSSR count). The fourth-order valence-electron chi connectivity index (χ4n) is 3.38. The maximum atomic E-state index is 12.8. The number of aryl methyl sites for hydroxylation is 1. The van der Waals surface area contributed by atoms with Crippen molar-refractivity contribution in [3.8, 4) is 0 Å². The molecule has 3 aliphatic rings. The lowest BCUT2D eigenvalue weighted by Crippen LogP contribution is -2.43. The van der Waals surface area contributed by atoms with E-state index >= 15 is 0 Å². The first-order chi connectivity index (χ1) is 10.8. The van der Waals surface area contributed by atoms with Crippen molar-refractivity contribution >= 4 is 10.0 Å². The smallest absolute Gasteiger partial charge is 0.243 e. The van der Waals surface area contributed by atoms with Crippen molar-refractivity contribution in [1.82, 2.24) is 4.31 Å². The van der Waals surface area contributed by atoms with E-state index in [1.807, 2.05) is 32.9 Å². The maximum absolute atomic E-state index is 12.8. The fraction of sp³-hybridized carbons (Fsp3) is 0.647. The number of rotatable bonds is 7. The molecule has 6 heteroatoms. The molecule has 0 spiro atoms. The predicted molar refractivity (Wildman–Crippen MR) is 87.9 cm³/mol. The number of hydrogen-bond acceptors (Lipinski definition) is 4. The molecule has 128 valence electrons. The van der Waals surface area contributed by atoms with Crippen LogP contribution in [-0.4, -0.2) is 50.2 Å². The zero-order valence-electron chi connectivity index (χ0n) is 14.0. The maximum Gasteiger partial charge on any atom is 0.243 e. The first kappa shape index (κ1) is 16.9. The monoisotopic (exact) mass is 339 g/mol. The second kappa shape index (κ2) is 6.16. The molecular weight excluding hydrogens is 314 g/mol. The summed E-state index contributed by atoms with van der Waals surface area (Å²) in [4.78, 5) is 0.369. The van der Waals surface area contributed by atoms with Gasteiger partial charge in [0, 0.05) is 12.6 Å². The van der Waals surface area contributed by atoms with E-state index in [0.717, 1.165) is 18.4 Å². The van der Waals surface area contributed by atoms with Gasteiger partial charge in [-0.2, -0.15) is 4.31 Å². The SMILES string of the molecule is Cc1ccc(S(=O)(=O)N2CC3(OCCOC(C)C)CC2C3)cc1. The summed E-state index contributed by atoms with van der Waals surface area (Å²) >= 11 is 0. The van der Waals surface area contributed by atoms with Gasteiger partial charge >= 0.3 is 0 Å². The zero-order valence-corrected chi connectivity index (χ0v) is 14.8. The van der Waals surface area contributed by atoms with Crippen LogP contribution >= 0.6 is 0 Å². The quantitative estimate of drug-likeness (QED) is 0.716. The Morgan fingerprint density at radius 3 is 2.48 bits per heavy atom. The van der Waals surface area contributed by atoms with Gasteiger partial charge in [0.25, 0.3) is 0 Å². The predicted octanol–water partition coefficient (Wildman–Crippen LogP) is 2.34. The molecule has 1 aromatic carbocycles. The summed E-state index contributed by atoms with van der Waals surface area (Å²) in [5.41, 5.74) is 0.752. The molecular formula is C17H25NO4S. The van der Waals surface area contributed by atoms with Crippen molar-refractivity contribution in [3.05, 3.63) is 29.8 Å². The van der Waals surface area contributed by atoms with Crippen LogP contribution in [0.4, 0.5) is 0 Å². The van der Waals surface area contributed by atoms with Crippen molar-refractivity contribution in [2.24, 2.45) is 0 Å². The summed E-state index contributed by atoms with van der Waals surface area (Å²) in [6, 6.07) is 7.12. The lowest BCUT2D eigenvalue weighted by molar-refractivity contribution is -0.0916. The van der Waals surface area contributed by atoms with Gasteiger partial charge in [0.05, 0.1) is 29.8 Å². The minimum atomic E-state index is -3.42. The van der Waals surface area contributed by atoms with E-state index in [2.05, 4.69) is 0 Å². The molecule has 3 fully saturated rings. The largest absolute Gasteiger partial charge is 0.376 e. The Hall–Kier alpha value is -0.950. The average molecular weight is 339 g/mol. The van der Waals surface area contributed by atoms with E-state index in [1.54, 1.807) is 16.4 Å². The molecule has 2 bridgehead atoms. The van der Waals surface area contributed by atoms with Crippen LogP contribution in [0.2, 0.25) is 0 Å². The molecule has 5 nitrogen and oxygen atoms in total. The summed E-state index contributed by atoms with van der Waals surface area (Å²) in [5, 5.41) is 0. The normalized spacial score (nSPS) is 27.4. The van der Waals surface area contributed by atoms with Crippen LogP contribution < -0.4 is 0 Å². The van der Waals surface area contributed by atoms with E-state index in [4.69, 9.17) is 9.47 Å². The van der Waals surface area contributed by atoms with E-state index in [-0.39, 0.29) is 17.7 Å². The van der Waals surface area contributed by atoms with Crippen molar-refractivity contribution < 1.29 is 17.9 Å². The van der Waals surface area contributed by atoms with Crippen molar-refractivity contribution in [1.29, 1.82) is 0 Å². The van der Waals surface area contributed by atoms with Gasteiger partial charge < -0.3 is 9.47 Å². The molecule has 23 heavy (non-hydrogen) atoms. The summed E-state index contributed by atoms with van der Waals surface area (Å²) in [6.45, 7) is 7.45. The van der Waals surface area contributed by atoms with Gasteiger partial charge in [-0.3, -0.25) is 0 Å². The molecule has 0 unspecified atom stereocenters. The number of fused-ring (bicyclic) bond motifs is 1. The van der Waals surface area contributed by atoms with E-state index in [9.17, 15) is 8.42 Å². The van der Waals surface area contributed by atoms with Crippen molar-refractivity contribution in [2.45, 2.75) is 56.3 Å². The van der Waals surface area contributed by atoms with Gasteiger partial charge in [-0.15, -0.1) is 0 Å². The van der Waals surface area contributed by atoms with Crippen LogP contribution in [0.1, 0.15) is 32.3 Å². The molecule has 0 radical (unpaired) electrons.